The topological polar surface area (TPSA) is 6.48 Å². The second-order valence-electron chi connectivity index (χ2n) is 6.71. The number of halogens is 1. The van der Waals surface area contributed by atoms with Crippen molar-refractivity contribution in [3.8, 4) is 11.1 Å². The van der Waals surface area contributed by atoms with Gasteiger partial charge >= 0.3 is 0 Å². The predicted octanol–water partition coefficient (Wildman–Crippen LogP) is 5.05. The Kier molecular flexibility index (Phi) is 6.30. The Bertz CT molecular complexity index is 696. The van der Waals surface area contributed by atoms with Gasteiger partial charge in [0, 0.05) is 37.7 Å². The first-order valence-corrected chi connectivity index (χ1v) is 9.51. The zero-order chi connectivity index (χ0) is 17.6. The molecule has 0 unspecified atom stereocenters. The van der Waals surface area contributed by atoms with E-state index in [1.165, 1.54) is 55.0 Å². The van der Waals surface area contributed by atoms with E-state index in [9.17, 15) is 0 Å². The fourth-order valence-electron chi connectivity index (χ4n) is 3.24. The molecule has 3 rings (SSSR count). The predicted molar refractivity (Wildman–Crippen MR) is 109 cm³/mol. The van der Waals surface area contributed by atoms with Gasteiger partial charge in [0.1, 0.15) is 0 Å². The van der Waals surface area contributed by atoms with Gasteiger partial charge in [-0.3, -0.25) is 4.90 Å². The highest BCUT2D eigenvalue weighted by molar-refractivity contribution is 6.30. The van der Waals surface area contributed by atoms with Crippen molar-refractivity contribution in [2.45, 2.75) is 13.8 Å². The smallest absolute Gasteiger partial charge is 0.0406 e. The highest BCUT2D eigenvalue weighted by Crippen LogP contribution is 2.24. The Morgan fingerprint density at radius 2 is 1.40 bits per heavy atom. The van der Waals surface area contributed by atoms with E-state index in [2.05, 4.69) is 66.1 Å². The summed E-state index contributed by atoms with van der Waals surface area (Å²) in [5, 5.41) is 0.777. The molecule has 25 heavy (non-hydrogen) atoms. The normalized spacial score (nSPS) is 17.0. The first-order chi connectivity index (χ1) is 12.2. The maximum absolute atomic E-state index is 5.97. The lowest BCUT2D eigenvalue weighted by Gasteiger charge is -2.33. The third kappa shape index (κ3) is 4.94. The van der Waals surface area contributed by atoms with Gasteiger partial charge in [0.2, 0.25) is 0 Å². The molecule has 0 amide bonds. The van der Waals surface area contributed by atoms with Gasteiger partial charge in [0.15, 0.2) is 0 Å². The molecule has 0 saturated carbocycles. The number of benzene rings is 2. The fourth-order valence-corrected chi connectivity index (χ4v) is 3.37. The number of rotatable bonds is 5. The minimum absolute atomic E-state index is 0.777. The maximum atomic E-state index is 5.97. The summed E-state index contributed by atoms with van der Waals surface area (Å²) in [6.45, 7) is 11.4. The molecule has 2 aromatic rings. The first kappa shape index (κ1) is 18.2. The lowest BCUT2D eigenvalue weighted by Crippen LogP contribution is -2.46. The van der Waals surface area contributed by atoms with Crippen LogP contribution in [0.4, 0.5) is 0 Å². The van der Waals surface area contributed by atoms with Crippen LogP contribution >= 0.6 is 11.6 Å². The van der Waals surface area contributed by atoms with E-state index >= 15 is 0 Å². The van der Waals surface area contributed by atoms with Crippen LogP contribution in [0, 0.1) is 0 Å². The van der Waals surface area contributed by atoms with Gasteiger partial charge in [-0.15, -0.1) is 0 Å². The van der Waals surface area contributed by atoms with Gasteiger partial charge in [0.05, 0.1) is 0 Å². The zero-order valence-electron chi connectivity index (χ0n) is 15.2. The molecule has 1 aliphatic heterocycles. The molecule has 2 aromatic carbocycles. The van der Waals surface area contributed by atoms with Gasteiger partial charge < -0.3 is 4.90 Å². The van der Waals surface area contributed by atoms with Crippen molar-refractivity contribution in [3.05, 3.63) is 65.2 Å². The molecule has 0 aliphatic carbocycles. The quantitative estimate of drug-likeness (QED) is 0.741. The lowest BCUT2D eigenvalue weighted by atomic mass is 10.0. The largest absolute Gasteiger partial charge is 0.301 e. The van der Waals surface area contributed by atoms with Crippen LogP contribution in [-0.2, 0) is 0 Å². The van der Waals surface area contributed by atoms with Crippen molar-refractivity contribution in [2.24, 2.45) is 0 Å². The molecule has 0 N–H and O–H groups in total. The van der Waals surface area contributed by atoms with Crippen molar-refractivity contribution < 1.29 is 0 Å². The van der Waals surface area contributed by atoms with Crippen LogP contribution in [0.3, 0.4) is 0 Å². The van der Waals surface area contributed by atoms with Crippen molar-refractivity contribution in [2.75, 3.05) is 39.3 Å². The molecule has 1 heterocycles. The van der Waals surface area contributed by atoms with E-state index in [1.807, 2.05) is 12.1 Å². The second kappa shape index (κ2) is 8.66. The average Bonchev–Trinajstić information content (AvgIpc) is 2.67. The van der Waals surface area contributed by atoms with E-state index < -0.39 is 0 Å². The average molecular weight is 355 g/mol. The monoisotopic (exact) mass is 354 g/mol. The molecule has 132 valence electrons. The highest BCUT2D eigenvalue weighted by atomic mass is 35.5. The minimum atomic E-state index is 0.777. The summed E-state index contributed by atoms with van der Waals surface area (Å²) in [5.74, 6) is 0. The summed E-state index contributed by atoms with van der Waals surface area (Å²) in [6.07, 6.45) is 2.36. The standard InChI is InChI=1S/C22H27ClN2/c1-3-24-14-16-25(17-15-24)13-12-18(2)19-4-6-20(7-5-19)21-8-10-22(23)11-9-21/h4-12H,3,13-17H2,1-2H3. The summed E-state index contributed by atoms with van der Waals surface area (Å²) in [6, 6.07) is 16.8. The molecule has 0 radical (unpaired) electrons. The van der Waals surface area contributed by atoms with Crippen molar-refractivity contribution in [1.29, 1.82) is 0 Å². The Morgan fingerprint density at radius 1 is 0.880 bits per heavy atom. The van der Waals surface area contributed by atoms with Crippen LogP contribution in [-0.4, -0.2) is 49.1 Å². The molecule has 0 spiro atoms. The molecule has 1 fully saturated rings. The van der Waals surface area contributed by atoms with E-state index in [4.69, 9.17) is 11.6 Å². The molecule has 1 aliphatic rings. The maximum Gasteiger partial charge on any atom is 0.0406 e. The first-order valence-electron chi connectivity index (χ1n) is 9.13. The summed E-state index contributed by atoms with van der Waals surface area (Å²) >= 11 is 5.97. The number of likely N-dealkylation sites (N-methyl/N-ethyl adjacent to an activating group) is 1. The summed E-state index contributed by atoms with van der Waals surface area (Å²) in [7, 11) is 0. The van der Waals surface area contributed by atoms with Crippen molar-refractivity contribution in [3.63, 3.8) is 0 Å². The van der Waals surface area contributed by atoms with E-state index in [0.29, 0.717) is 0 Å². The third-order valence-corrected chi connectivity index (χ3v) is 5.34. The summed E-state index contributed by atoms with van der Waals surface area (Å²) in [4.78, 5) is 5.06. The molecule has 0 aromatic heterocycles. The fraction of sp³-hybridized carbons (Fsp3) is 0.364. The molecule has 3 heteroatoms. The minimum Gasteiger partial charge on any atom is -0.301 e. The van der Waals surface area contributed by atoms with Gasteiger partial charge in [-0.2, -0.15) is 0 Å². The van der Waals surface area contributed by atoms with Crippen molar-refractivity contribution in [1.82, 2.24) is 9.80 Å². The Morgan fingerprint density at radius 3 is 1.96 bits per heavy atom. The zero-order valence-corrected chi connectivity index (χ0v) is 16.0. The van der Waals surface area contributed by atoms with Gasteiger partial charge in [0.25, 0.3) is 0 Å². The lowest BCUT2D eigenvalue weighted by molar-refractivity contribution is 0.148. The summed E-state index contributed by atoms with van der Waals surface area (Å²) in [5.41, 5.74) is 5.07. The van der Waals surface area contributed by atoms with Crippen LogP contribution in [0.2, 0.25) is 5.02 Å². The molecular formula is C22H27ClN2. The van der Waals surface area contributed by atoms with Gasteiger partial charge in [-0.25, -0.2) is 0 Å². The van der Waals surface area contributed by atoms with Gasteiger partial charge in [-0.05, 0) is 47.9 Å². The SMILES string of the molecule is CCN1CCN(CC=C(C)c2ccc(-c3ccc(Cl)cc3)cc2)CC1. The molecule has 0 atom stereocenters. The van der Waals surface area contributed by atoms with Crippen LogP contribution in [0.1, 0.15) is 19.4 Å². The number of nitrogens with zero attached hydrogens (tertiary/aromatic N) is 2. The van der Waals surface area contributed by atoms with E-state index in [0.717, 1.165) is 11.6 Å². The van der Waals surface area contributed by atoms with Crippen molar-refractivity contribution >= 4 is 17.2 Å². The third-order valence-electron chi connectivity index (χ3n) is 5.09. The molecule has 0 bridgehead atoms. The van der Waals surface area contributed by atoms with Crippen LogP contribution < -0.4 is 0 Å². The molecule has 2 nitrogen and oxygen atoms in total. The number of hydrogen-bond donors (Lipinski definition) is 0. The second-order valence-corrected chi connectivity index (χ2v) is 7.14. The van der Waals surface area contributed by atoms with Crippen LogP contribution in [0.5, 0.6) is 0 Å². The van der Waals surface area contributed by atoms with E-state index in [1.54, 1.807) is 0 Å². The molecule has 1 saturated heterocycles. The summed E-state index contributed by atoms with van der Waals surface area (Å²) < 4.78 is 0. The Balaban J connectivity index is 1.60. The molecular weight excluding hydrogens is 328 g/mol. The highest BCUT2D eigenvalue weighted by Gasteiger charge is 2.14. The Labute approximate surface area is 156 Å². The van der Waals surface area contributed by atoms with Crippen LogP contribution in [0.25, 0.3) is 16.7 Å². The number of allylic oxidation sites excluding steroid dienone is 1. The van der Waals surface area contributed by atoms with Gasteiger partial charge in [-0.1, -0.05) is 61.0 Å². The Hall–Kier alpha value is -1.61. The van der Waals surface area contributed by atoms with E-state index in [-0.39, 0.29) is 0 Å². The van der Waals surface area contributed by atoms with Crippen LogP contribution in [0.15, 0.2) is 54.6 Å². The number of piperazine rings is 1. The number of hydrogen-bond acceptors (Lipinski definition) is 2.